The van der Waals surface area contributed by atoms with E-state index in [1.807, 2.05) is 0 Å². The van der Waals surface area contributed by atoms with Gasteiger partial charge in [0.25, 0.3) is 0 Å². The number of aliphatic hydroxyl groups is 1. The Balaban J connectivity index is 1.94. The van der Waals surface area contributed by atoms with E-state index < -0.39 is 17.7 Å². The highest BCUT2D eigenvalue weighted by Crippen LogP contribution is 2.20. The van der Waals surface area contributed by atoms with Gasteiger partial charge in [-0.05, 0) is 18.6 Å². The molecule has 2 rings (SSSR count). The fraction of sp³-hybridized carbons (Fsp3) is 0.429. The Kier molecular flexibility index (Phi) is 4.70. The van der Waals surface area contributed by atoms with Crippen LogP contribution in [0.1, 0.15) is 18.4 Å². The fourth-order valence-corrected chi connectivity index (χ4v) is 2.24. The highest BCUT2D eigenvalue weighted by atomic mass is 19.1. The first-order chi connectivity index (χ1) is 10.0. The largest absolute Gasteiger partial charge is 0.389 e. The third-order valence-corrected chi connectivity index (χ3v) is 3.29. The number of nitrogens with zero attached hydrogens (tertiary/aromatic N) is 2. The molecular weight excluding hydrogens is 280 g/mol. The van der Waals surface area contributed by atoms with E-state index in [9.17, 15) is 18.7 Å². The summed E-state index contributed by atoms with van der Waals surface area (Å²) in [5.74, 6) is -1.81. The van der Waals surface area contributed by atoms with Gasteiger partial charge in [-0.15, -0.1) is 0 Å². The van der Waals surface area contributed by atoms with Gasteiger partial charge in [-0.2, -0.15) is 5.26 Å². The lowest BCUT2D eigenvalue weighted by atomic mass is 10.2. The Bertz CT molecular complexity index is 563. The molecule has 1 aliphatic heterocycles. The van der Waals surface area contributed by atoms with Crippen LogP contribution in [0.25, 0.3) is 0 Å². The van der Waals surface area contributed by atoms with Gasteiger partial charge in [0.05, 0.1) is 17.7 Å². The minimum absolute atomic E-state index is 0.0233. The van der Waals surface area contributed by atoms with Crippen molar-refractivity contribution in [1.29, 1.82) is 5.26 Å². The van der Waals surface area contributed by atoms with Crippen LogP contribution in [0.2, 0.25) is 0 Å². The molecule has 112 valence electrons. The van der Waals surface area contributed by atoms with Crippen LogP contribution in [0.3, 0.4) is 0 Å². The van der Waals surface area contributed by atoms with E-state index in [1.54, 1.807) is 6.07 Å². The van der Waals surface area contributed by atoms with Crippen molar-refractivity contribution in [3.8, 4) is 6.07 Å². The predicted molar refractivity (Wildman–Crippen MR) is 71.4 cm³/mol. The molecule has 0 radical (unpaired) electrons. The predicted octanol–water partition coefficient (Wildman–Crippen LogP) is 1.23. The van der Waals surface area contributed by atoms with Gasteiger partial charge in [0.2, 0.25) is 5.91 Å². The molecule has 0 bridgehead atoms. The summed E-state index contributed by atoms with van der Waals surface area (Å²) in [6, 6.07) is 3.49. The summed E-state index contributed by atoms with van der Waals surface area (Å²) in [4.78, 5) is 12.9. The fourth-order valence-electron chi connectivity index (χ4n) is 2.24. The van der Waals surface area contributed by atoms with Crippen LogP contribution in [-0.2, 0) is 4.79 Å². The summed E-state index contributed by atoms with van der Waals surface area (Å²) in [6.45, 7) is 0.629. The summed E-state index contributed by atoms with van der Waals surface area (Å²) in [5, 5.41) is 20.9. The summed E-state index contributed by atoms with van der Waals surface area (Å²) < 4.78 is 27.2. The van der Waals surface area contributed by atoms with Crippen LogP contribution in [0, 0.1) is 23.0 Å². The zero-order valence-electron chi connectivity index (χ0n) is 11.3. The second-order valence-corrected chi connectivity index (χ2v) is 4.90. The van der Waals surface area contributed by atoms with Crippen LogP contribution in [-0.4, -0.2) is 41.7 Å². The van der Waals surface area contributed by atoms with Crippen LogP contribution in [0.4, 0.5) is 14.5 Å². The number of carbonyl (C=O) groups is 1. The van der Waals surface area contributed by atoms with Gasteiger partial charge in [0.15, 0.2) is 11.6 Å². The number of aliphatic hydroxyl groups excluding tert-OH is 1. The van der Waals surface area contributed by atoms with Crippen LogP contribution in [0.5, 0.6) is 0 Å². The van der Waals surface area contributed by atoms with E-state index in [2.05, 4.69) is 5.32 Å². The molecule has 21 heavy (non-hydrogen) atoms. The second kappa shape index (κ2) is 6.50. The van der Waals surface area contributed by atoms with E-state index >= 15 is 0 Å². The zero-order valence-corrected chi connectivity index (χ0v) is 11.3. The molecule has 0 spiro atoms. The van der Waals surface area contributed by atoms with Crippen molar-refractivity contribution in [3.63, 3.8) is 0 Å². The monoisotopic (exact) mass is 295 g/mol. The molecule has 0 aliphatic carbocycles. The number of benzene rings is 1. The number of likely N-dealkylation sites (tertiary alicyclic amines) is 1. The Morgan fingerprint density at radius 2 is 2.10 bits per heavy atom. The van der Waals surface area contributed by atoms with E-state index in [0.717, 1.165) is 18.6 Å². The van der Waals surface area contributed by atoms with Crippen LogP contribution < -0.4 is 5.32 Å². The maximum absolute atomic E-state index is 13.6. The summed E-state index contributed by atoms with van der Waals surface area (Å²) in [6.07, 6.45) is 0.304. The summed E-state index contributed by atoms with van der Waals surface area (Å²) in [5.41, 5.74) is -0.500. The van der Waals surface area contributed by atoms with Gasteiger partial charge in [-0.3, -0.25) is 4.79 Å². The molecule has 1 aromatic carbocycles. The van der Waals surface area contributed by atoms with Gasteiger partial charge < -0.3 is 15.3 Å². The first kappa shape index (κ1) is 15.2. The van der Waals surface area contributed by atoms with Crippen molar-refractivity contribution in [2.75, 3.05) is 25.0 Å². The van der Waals surface area contributed by atoms with Gasteiger partial charge in [-0.1, -0.05) is 0 Å². The summed E-state index contributed by atoms with van der Waals surface area (Å²) in [7, 11) is 0. The topological polar surface area (TPSA) is 76.4 Å². The third-order valence-electron chi connectivity index (χ3n) is 3.29. The molecule has 0 saturated carbocycles. The second-order valence-electron chi connectivity index (χ2n) is 4.90. The number of anilines is 1. The third kappa shape index (κ3) is 3.67. The number of nitriles is 1. The number of β-amino-alcohol motifs (C(OH)–C–C–N with tert-alkyl or cyclic N) is 1. The molecule has 1 saturated heterocycles. The molecule has 1 aromatic rings. The number of nitrogens with one attached hydrogen (secondary N) is 1. The molecule has 2 N–H and O–H groups in total. The van der Waals surface area contributed by atoms with Crippen molar-refractivity contribution in [2.45, 2.75) is 18.9 Å². The van der Waals surface area contributed by atoms with E-state index in [1.165, 1.54) is 4.90 Å². The zero-order chi connectivity index (χ0) is 15.4. The average molecular weight is 295 g/mol. The van der Waals surface area contributed by atoms with Gasteiger partial charge in [0, 0.05) is 26.1 Å². The lowest BCUT2D eigenvalue weighted by molar-refractivity contribution is -0.128. The van der Waals surface area contributed by atoms with Crippen LogP contribution >= 0.6 is 0 Å². The molecular formula is C14H15F2N3O2. The van der Waals surface area contributed by atoms with Crippen LogP contribution in [0.15, 0.2) is 12.1 Å². The Morgan fingerprint density at radius 1 is 1.43 bits per heavy atom. The standard InChI is InChI=1S/C14H15F2N3O2/c15-11-4-9(6-17)5-12(16)14(11)18-7-10(20)8-19-3-1-2-13(19)21/h4-5,10,18,20H,1-3,7-8H2/t10-/m0/s1. The maximum Gasteiger partial charge on any atom is 0.222 e. The normalized spacial score (nSPS) is 15.9. The molecule has 7 heteroatoms. The highest BCUT2D eigenvalue weighted by molar-refractivity contribution is 5.78. The van der Waals surface area contributed by atoms with E-state index in [0.29, 0.717) is 13.0 Å². The number of carbonyl (C=O) groups excluding carboxylic acids is 1. The first-order valence-corrected chi connectivity index (χ1v) is 6.60. The van der Waals surface area contributed by atoms with Crippen molar-refractivity contribution < 1.29 is 18.7 Å². The number of halogens is 2. The minimum atomic E-state index is -0.929. The van der Waals surface area contributed by atoms with Gasteiger partial charge in [0.1, 0.15) is 5.69 Å². The van der Waals surface area contributed by atoms with E-state index in [4.69, 9.17) is 5.26 Å². The Hall–Kier alpha value is -2.20. The molecule has 1 atom stereocenters. The molecule has 5 nitrogen and oxygen atoms in total. The first-order valence-electron chi connectivity index (χ1n) is 6.60. The Morgan fingerprint density at radius 3 is 2.62 bits per heavy atom. The Labute approximate surface area is 120 Å². The SMILES string of the molecule is N#Cc1cc(F)c(NC[C@H](O)CN2CCCC2=O)c(F)c1. The molecule has 1 amide bonds. The van der Waals surface area contributed by atoms with Crippen molar-refractivity contribution in [2.24, 2.45) is 0 Å². The lowest BCUT2D eigenvalue weighted by Crippen LogP contribution is -2.36. The summed E-state index contributed by atoms with van der Waals surface area (Å²) >= 11 is 0. The molecule has 1 heterocycles. The molecule has 0 unspecified atom stereocenters. The van der Waals surface area contributed by atoms with Crippen molar-refractivity contribution >= 4 is 11.6 Å². The average Bonchev–Trinajstić information content (AvgIpc) is 2.83. The highest BCUT2D eigenvalue weighted by Gasteiger charge is 2.22. The number of hydrogen-bond donors (Lipinski definition) is 2. The smallest absolute Gasteiger partial charge is 0.222 e. The van der Waals surface area contributed by atoms with Crippen molar-refractivity contribution in [1.82, 2.24) is 4.90 Å². The van der Waals surface area contributed by atoms with Gasteiger partial charge in [-0.25, -0.2) is 8.78 Å². The van der Waals surface area contributed by atoms with E-state index in [-0.39, 0.29) is 30.2 Å². The quantitative estimate of drug-likeness (QED) is 0.856. The number of rotatable bonds is 5. The van der Waals surface area contributed by atoms with Gasteiger partial charge >= 0.3 is 0 Å². The lowest BCUT2D eigenvalue weighted by Gasteiger charge is -2.20. The number of amides is 1. The number of hydrogen-bond acceptors (Lipinski definition) is 4. The van der Waals surface area contributed by atoms with Crippen molar-refractivity contribution in [3.05, 3.63) is 29.3 Å². The molecule has 1 aliphatic rings. The maximum atomic E-state index is 13.6. The minimum Gasteiger partial charge on any atom is -0.389 e. The molecule has 1 fully saturated rings. The molecule has 0 aromatic heterocycles.